The third kappa shape index (κ3) is 4.02. The van der Waals surface area contributed by atoms with Crippen LogP contribution in [0.3, 0.4) is 0 Å². The van der Waals surface area contributed by atoms with Gasteiger partial charge in [0.25, 0.3) is 5.91 Å². The number of likely N-dealkylation sites (tertiary alicyclic amines) is 1. The molecule has 1 fully saturated rings. The highest BCUT2D eigenvalue weighted by Crippen LogP contribution is 2.14. The van der Waals surface area contributed by atoms with E-state index >= 15 is 0 Å². The minimum atomic E-state index is -0.370. The molecule has 0 aromatic heterocycles. The van der Waals surface area contributed by atoms with Crippen LogP contribution in [0.5, 0.6) is 0 Å². The van der Waals surface area contributed by atoms with Crippen LogP contribution in [0.1, 0.15) is 29.6 Å². The number of halogens is 1. The van der Waals surface area contributed by atoms with E-state index in [1.165, 1.54) is 24.3 Å². The maximum atomic E-state index is 12.8. The molecule has 2 rings (SSSR count). The van der Waals surface area contributed by atoms with Crippen molar-refractivity contribution in [2.45, 2.75) is 25.3 Å². The minimum absolute atomic E-state index is 0.00289. The molecule has 0 bridgehead atoms. The molecule has 1 aliphatic heterocycles. The molecule has 21 heavy (non-hydrogen) atoms. The third-order valence-corrected chi connectivity index (χ3v) is 3.48. The molecular weight excluding hydrogens is 273 g/mol. The van der Waals surface area contributed by atoms with Crippen LogP contribution in [0.25, 0.3) is 0 Å². The Balaban J connectivity index is 1.86. The lowest BCUT2D eigenvalue weighted by molar-refractivity contribution is -0.121. The number of carbonyl (C=O) groups excluding carboxylic acids is 2. The van der Waals surface area contributed by atoms with Crippen molar-refractivity contribution in [3.05, 3.63) is 35.6 Å². The molecule has 0 aliphatic carbocycles. The number of benzene rings is 1. The quantitative estimate of drug-likeness (QED) is 0.915. The fourth-order valence-corrected chi connectivity index (χ4v) is 2.35. The van der Waals surface area contributed by atoms with Gasteiger partial charge >= 0.3 is 0 Å². The van der Waals surface area contributed by atoms with Crippen LogP contribution in [0, 0.1) is 17.1 Å². The second-order valence-electron chi connectivity index (χ2n) is 4.98. The van der Waals surface area contributed by atoms with Crippen LogP contribution in [0.15, 0.2) is 24.3 Å². The number of piperidine rings is 1. The van der Waals surface area contributed by atoms with Gasteiger partial charge < -0.3 is 10.2 Å². The Kier molecular flexibility index (Phi) is 4.88. The Morgan fingerprint density at radius 3 is 2.48 bits per heavy atom. The second-order valence-corrected chi connectivity index (χ2v) is 4.98. The van der Waals surface area contributed by atoms with Crippen LogP contribution in [0.2, 0.25) is 0 Å². The highest BCUT2D eigenvalue weighted by molar-refractivity contribution is 5.94. The SMILES string of the molecule is N#CCC(=O)NC1CCN(C(=O)c2ccc(F)cc2)CC1. The lowest BCUT2D eigenvalue weighted by Crippen LogP contribution is -2.46. The Hall–Kier alpha value is -2.42. The molecule has 5 nitrogen and oxygen atoms in total. The maximum absolute atomic E-state index is 12.8. The van der Waals surface area contributed by atoms with E-state index in [9.17, 15) is 14.0 Å². The number of nitrogens with one attached hydrogen (secondary N) is 1. The van der Waals surface area contributed by atoms with Crippen molar-refractivity contribution in [1.29, 1.82) is 5.26 Å². The van der Waals surface area contributed by atoms with E-state index < -0.39 is 0 Å². The Bertz CT molecular complexity index is 557. The first kappa shape index (κ1) is 15.0. The lowest BCUT2D eigenvalue weighted by atomic mass is 10.0. The van der Waals surface area contributed by atoms with Gasteiger partial charge in [-0.1, -0.05) is 0 Å². The molecule has 0 radical (unpaired) electrons. The summed E-state index contributed by atoms with van der Waals surface area (Å²) in [7, 11) is 0. The number of hydrogen-bond donors (Lipinski definition) is 1. The third-order valence-electron chi connectivity index (χ3n) is 3.48. The second kappa shape index (κ2) is 6.84. The van der Waals surface area contributed by atoms with Gasteiger partial charge in [0.1, 0.15) is 12.2 Å². The van der Waals surface area contributed by atoms with Crippen molar-refractivity contribution in [2.75, 3.05) is 13.1 Å². The summed E-state index contributed by atoms with van der Waals surface area (Å²) < 4.78 is 12.8. The van der Waals surface area contributed by atoms with Gasteiger partial charge in [-0.2, -0.15) is 5.26 Å². The van der Waals surface area contributed by atoms with E-state index in [2.05, 4.69) is 5.32 Å². The zero-order valence-corrected chi connectivity index (χ0v) is 11.5. The molecular formula is C15H16FN3O2. The average Bonchev–Trinajstić information content (AvgIpc) is 2.48. The molecule has 1 heterocycles. The predicted molar refractivity (Wildman–Crippen MR) is 73.7 cm³/mol. The molecule has 1 saturated heterocycles. The zero-order valence-electron chi connectivity index (χ0n) is 11.5. The average molecular weight is 289 g/mol. The highest BCUT2D eigenvalue weighted by Gasteiger charge is 2.24. The Labute approximate surface area is 122 Å². The minimum Gasteiger partial charge on any atom is -0.352 e. The smallest absolute Gasteiger partial charge is 0.253 e. The first-order valence-electron chi connectivity index (χ1n) is 6.81. The van der Waals surface area contributed by atoms with E-state index in [1.807, 2.05) is 0 Å². The van der Waals surface area contributed by atoms with Gasteiger partial charge in [0.2, 0.25) is 5.91 Å². The Morgan fingerprint density at radius 1 is 1.29 bits per heavy atom. The normalized spacial score (nSPS) is 15.3. The van der Waals surface area contributed by atoms with Gasteiger partial charge in [-0.25, -0.2) is 4.39 Å². The molecule has 1 aliphatic rings. The predicted octanol–water partition coefficient (Wildman–Crippen LogP) is 1.46. The fourth-order valence-electron chi connectivity index (χ4n) is 2.35. The topological polar surface area (TPSA) is 73.2 Å². The molecule has 1 aromatic carbocycles. The van der Waals surface area contributed by atoms with E-state index in [-0.39, 0.29) is 30.1 Å². The van der Waals surface area contributed by atoms with Gasteiger partial charge in [0.15, 0.2) is 0 Å². The fraction of sp³-hybridized carbons (Fsp3) is 0.400. The summed E-state index contributed by atoms with van der Waals surface area (Å²) in [5.74, 6) is -0.775. The van der Waals surface area contributed by atoms with Crippen LogP contribution < -0.4 is 5.32 Å². The van der Waals surface area contributed by atoms with E-state index in [4.69, 9.17) is 5.26 Å². The summed E-state index contributed by atoms with van der Waals surface area (Å²) in [6.45, 7) is 1.07. The summed E-state index contributed by atoms with van der Waals surface area (Å²) in [4.78, 5) is 25.2. The zero-order chi connectivity index (χ0) is 15.2. The van der Waals surface area contributed by atoms with Crippen molar-refractivity contribution in [1.82, 2.24) is 10.2 Å². The van der Waals surface area contributed by atoms with Crippen molar-refractivity contribution >= 4 is 11.8 Å². The van der Waals surface area contributed by atoms with E-state index in [1.54, 1.807) is 11.0 Å². The van der Waals surface area contributed by atoms with Crippen LogP contribution in [-0.4, -0.2) is 35.8 Å². The molecule has 0 spiro atoms. The molecule has 6 heteroatoms. The number of nitriles is 1. The van der Waals surface area contributed by atoms with Gasteiger partial charge in [0, 0.05) is 24.7 Å². The maximum Gasteiger partial charge on any atom is 0.253 e. The molecule has 0 atom stereocenters. The Morgan fingerprint density at radius 2 is 1.90 bits per heavy atom. The molecule has 0 saturated carbocycles. The van der Waals surface area contributed by atoms with Crippen molar-refractivity contribution in [3.63, 3.8) is 0 Å². The van der Waals surface area contributed by atoms with Crippen molar-refractivity contribution in [3.8, 4) is 6.07 Å². The molecule has 110 valence electrons. The monoisotopic (exact) mass is 289 g/mol. The van der Waals surface area contributed by atoms with Gasteiger partial charge in [-0.15, -0.1) is 0 Å². The van der Waals surface area contributed by atoms with Gasteiger partial charge in [-0.05, 0) is 37.1 Å². The molecule has 1 N–H and O–H groups in total. The lowest BCUT2D eigenvalue weighted by Gasteiger charge is -2.32. The standard InChI is InChI=1S/C15H16FN3O2/c16-12-3-1-11(2-4-12)15(21)19-9-6-13(7-10-19)18-14(20)5-8-17/h1-4,13H,5-7,9-10H2,(H,18,20). The first-order chi connectivity index (χ1) is 10.1. The van der Waals surface area contributed by atoms with Crippen molar-refractivity contribution in [2.24, 2.45) is 0 Å². The van der Waals surface area contributed by atoms with Crippen LogP contribution in [0.4, 0.5) is 4.39 Å². The summed E-state index contributed by atoms with van der Waals surface area (Å²) >= 11 is 0. The number of nitrogens with zero attached hydrogens (tertiary/aromatic N) is 2. The summed E-state index contributed by atoms with van der Waals surface area (Å²) in [5, 5.41) is 11.2. The largest absolute Gasteiger partial charge is 0.352 e. The molecule has 1 aromatic rings. The summed E-state index contributed by atoms with van der Waals surface area (Å²) in [6, 6.07) is 7.28. The van der Waals surface area contributed by atoms with E-state index in [0.717, 1.165) is 0 Å². The number of hydrogen-bond acceptors (Lipinski definition) is 3. The first-order valence-corrected chi connectivity index (χ1v) is 6.81. The van der Waals surface area contributed by atoms with Gasteiger partial charge in [-0.3, -0.25) is 9.59 Å². The highest BCUT2D eigenvalue weighted by atomic mass is 19.1. The van der Waals surface area contributed by atoms with Crippen molar-refractivity contribution < 1.29 is 14.0 Å². The number of carbonyl (C=O) groups is 2. The summed E-state index contributed by atoms with van der Waals surface area (Å²) in [6.07, 6.45) is 1.17. The molecule has 0 unspecified atom stereocenters. The molecule has 2 amide bonds. The van der Waals surface area contributed by atoms with E-state index in [0.29, 0.717) is 31.5 Å². The number of amides is 2. The van der Waals surface area contributed by atoms with Gasteiger partial charge in [0.05, 0.1) is 6.07 Å². The van der Waals surface area contributed by atoms with Crippen LogP contribution >= 0.6 is 0 Å². The van der Waals surface area contributed by atoms with Crippen LogP contribution in [-0.2, 0) is 4.79 Å². The summed E-state index contributed by atoms with van der Waals surface area (Å²) in [5.41, 5.74) is 0.461. The number of rotatable bonds is 3.